The van der Waals surface area contributed by atoms with E-state index in [-0.39, 0.29) is 38.1 Å². The predicted molar refractivity (Wildman–Crippen MR) is 42.2 cm³/mol. The van der Waals surface area contributed by atoms with Crippen molar-refractivity contribution in [3.8, 4) is 0 Å². The first-order chi connectivity index (χ1) is 6.28. The summed E-state index contributed by atoms with van der Waals surface area (Å²) in [5.74, 6) is 0.232. The molecule has 0 amide bonds. The van der Waals surface area contributed by atoms with Gasteiger partial charge in [0.1, 0.15) is 19.2 Å². The minimum absolute atomic E-state index is 0.232. The normalized spacial score (nSPS) is 10.8. The Morgan fingerprint density at radius 3 is 2.08 bits per heavy atom. The summed E-state index contributed by atoms with van der Waals surface area (Å²) in [6.45, 7) is -1.37. The van der Waals surface area contributed by atoms with Crippen molar-refractivity contribution in [1.29, 1.82) is 0 Å². The SMILES string of the molecule is OCc1nc(CO)n(CO)c1CO. The highest BCUT2D eigenvalue weighted by Crippen LogP contribution is 2.11. The number of rotatable bonds is 4. The second kappa shape index (κ2) is 4.33. The fourth-order valence-corrected chi connectivity index (χ4v) is 1.18. The molecule has 0 aromatic carbocycles. The highest BCUT2D eigenvalue weighted by atomic mass is 16.3. The first-order valence-corrected chi connectivity index (χ1v) is 3.79. The average molecular weight is 188 g/mol. The van der Waals surface area contributed by atoms with E-state index in [0.717, 1.165) is 0 Å². The van der Waals surface area contributed by atoms with E-state index in [4.69, 9.17) is 20.4 Å². The fourth-order valence-electron chi connectivity index (χ4n) is 1.18. The van der Waals surface area contributed by atoms with E-state index in [1.165, 1.54) is 4.57 Å². The number of imidazole rings is 1. The van der Waals surface area contributed by atoms with Gasteiger partial charge in [0, 0.05) is 0 Å². The molecule has 1 rings (SSSR count). The van der Waals surface area contributed by atoms with E-state index in [0.29, 0.717) is 5.69 Å². The molecular weight excluding hydrogens is 176 g/mol. The van der Waals surface area contributed by atoms with Gasteiger partial charge in [0.15, 0.2) is 0 Å². The third kappa shape index (κ3) is 1.70. The van der Waals surface area contributed by atoms with Crippen LogP contribution >= 0.6 is 0 Å². The van der Waals surface area contributed by atoms with E-state index in [1.54, 1.807) is 0 Å². The average Bonchev–Trinajstić information content (AvgIpc) is 2.54. The van der Waals surface area contributed by atoms with Gasteiger partial charge < -0.3 is 25.0 Å². The van der Waals surface area contributed by atoms with Gasteiger partial charge in [-0.05, 0) is 0 Å². The molecule has 1 aromatic rings. The van der Waals surface area contributed by atoms with Crippen molar-refractivity contribution in [2.24, 2.45) is 0 Å². The van der Waals surface area contributed by atoms with Gasteiger partial charge >= 0.3 is 0 Å². The number of hydrogen-bond donors (Lipinski definition) is 4. The zero-order chi connectivity index (χ0) is 9.84. The summed E-state index contributed by atoms with van der Waals surface area (Å²) in [5.41, 5.74) is 0.606. The molecule has 0 atom stereocenters. The van der Waals surface area contributed by atoms with E-state index < -0.39 is 0 Å². The fraction of sp³-hybridized carbons (Fsp3) is 0.571. The van der Waals surface area contributed by atoms with Gasteiger partial charge in [0.05, 0.1) is 24.6 Å². The molecule has 0 saturated heterocycles. The maximum absolute atomic E-state index is 8.91. The van der Waals surface area contributed by atoms with Crippen molar-refractivity contribution in [2.75, 3.05) is 0 Å². The largest absolute Gasteiger partial charge is 0.390 e. The number of aliphatic hydroxyl groups is 4. The molecule has 0 fully saturated rings. The van der Waals surface area contributed by atoms with Gasteiger partial charge in [-0.25, -0.2) is 4.98 Å². The second-order valence-corrected chi connectivity index (χ2v) is 2.47. The van der Waals surface area contributed by atoms with Crippen molar-refractivity contribution < 1.29 is 20.4 Å². The van der Waals surface area contributed by atoms with Crippen LogP contribution in [-0.2, 0) is 26.6 Å². The molecular formula is C7H12N2O4. The molecule has 74 valence electrons. The molecule has 1 aromatic heterocycles. The van der Waals surface area contributed by atoms with Gasteiger partial charge in [-0.3, -0.25) is 0 Å². The van der Waals surface area contributed by atoms with E-state index in [9.17, 15) is 0 Å². The smallest absolute Gasteiger partial charge is 0.137 e. The summed E-state index contributed by atoms with van der Waals surface area (Å²) in [6.07, 6.45) is 0. The van der Waals surface area contributed by atoms with Crippen LogP contribution < -0.4 is 0 Å². The van der Waals surface area contributed by atoms with Crippen LogP contribution in [0.4, 0.5) is 0 Å². The summed E-state index contributed by atoms with van der Waals surface area (Å²) < 4.78 is 1.26. The Kier molecular flexibility index (Phi) is 3.38. The van der Waals surface area contributed by atoms with Gasteiger partial charge in [-0.15, -0.1) is 0 Å². The number of hydrogen-bond acceptors (Lipinski definition) is 5. The lowest BCUT2D eigenvalue weighted by Gasteiger charge is -2.04. The first kappa shape index (κ1) is 10.1. The highest BCUT2D eigenvalue weighted by Gasteiger charge is 2.13. The molecule has 0 aliphatic carbocycles. The lowest BCUT2D eigenvalue weighted by Crippen LogP contribution is -2.07. The van der Waals surface area contributed by atoms with Crippen LogP contribution in [0.2, 0.25) is 0 Å². The standard InChI is InChI=1S/C7H12N2O4/c10-1-5-6(2-11)9(4-13)7(3-12)8-5/h10-13H,1-4H2. The molecule has 0 aliphatic heterocycles. The zero-order valence-corrected chi connectivity index (χ0v) is 7.01. The van der Waals surface area contributed by atoms with Crippen molar-refractivity contribution in [2.45, 2.75) is 26.6 Å². The second-order valence-electron chi connectivity index (χ2n) is 2.47. The Hall–Kier alpha value is -0.950. The summed E-state index contributed by atoms with van der Waals surface area (Å²) >= 11 is 0. The van der Waals surface area contributed by atoms with E-state index >= 15 is 0 Å². The zero-order valence-electron chi connectivity index (χ0n) is 7.01. The summed E-state index contributed by atoms with van der Waals surface area (Å²) in [7, 11) is 0. The van der Waals surface area contributed by atoms with Crippen LogP contribution in [-0.4, -0.2) is 30.0 Å². The minimum atomic E-state index is -0.376. The van der Waals surface area contributed by atoms with Crippen LogP contribution in [0.25, 0.3) is 0 Å². The quantitative estimate of drug-likeness (QED) is 0.452. The topological polar surface area (TPSA) is 98.7 Å². The molecule has 13 heavy (non-hydrogen) atoms. The van der Waals surface area contributed by atoms with Gasteiger partial charge in [-0.2, -0.15) is 0 Å². The third-order valence-electron chi connectivity index (χ3n) is 1.82. The maximum atomic E-state index is 8.91. The molecule has 0 aliphatic rings. The van der Waals surface area contributed by atoms with Crippen LogP contribution in [0.1, 0.15) is 17.2 Å². The summed E-state index contributed by atoms with van der Waals surface area (Å²) in [6, 6.07) is 0. The predicted octanol–water partition coefficient (Wildman–Crippen LogP) is -1.69. The molecule has 6 heteroatoms. The van der Waals surface area contributed by atoms with Crippen LogP contribution in [0.5, 0.6) is 0 Å². The minimum Gasteiger partial charge on any atom is -0.390 e. The van der Waals surface area contributed by atoms with Crippen LogP contribution in [0.3, 0.4) is 0 Å². The molecule has 0 unspecified atom stereocenters. The molecule has 0 bridgehead atoms. The van der Waals surface area contributed by atoms with E-state index in [1.807, 2.05) is 0 Å². The van der Waals surface area contributed by atoms with Crippen molar-refractivity contribution >= 4 is 0 Å². The third-order valence-corrected chi connectivity index (χ3v) is 1.82. The Balaban J connectivity index is 3.17. The van der Waals surface area contributed by atoms with Crippen molar-refractivity contribution in [1.82, 2.24) is 9.55 Å². The van der Waals surface area contributed by atoms with E-state index in [2.05, 4.69) is 4.98 Å². The Morgan fingerprint density at radius 2 is 1.69 bits per heavy atom. The molecule has 0 spiro atoms. The monoisotopic (exact) mass is 188 g/mol. The Morgan fingerprint density at radius 1 is 1.00 bits per heavy atom. The first-order valence-electron chi connectivity index (χ1n) is 3.79. The summed E-state index contributed by atoms with van der Waals surface area (Å²) in [5, 5.41) is 35.4. The number of nitrogens with zero attached hydrogens (tertiary/aromatic N) is 2. The van der Waals surface area contributed by atoms with Crippen molar-refractivity contribution in [3.63, 3.8) is 0 Å². The molecule has 0 saturated carbocycles. The lowest BCUT2D eigenvalue weighted by atomic mass is 10.3. The van der Waals surface area contributed by atoms with Gasteiger partial charge in [0.2, 0.25) is 0 Å². The van der Waals surface area contributed by atoms with Gasteiger partial charge in [-0.1, -0.05) is 0 Å². The summed E-state index contributed by atoms with van der Waals surface area (Å²) in [4.78, 5) is 3.83. The Labute approximate surface area is 74.7 Å². The maximum Gasteiger partial charge on any atom is 0.137 e. The molecule has 6 nitrogen and oxygen atoms in total. The van der Waals surface area contributed by atoms with Crippen LogP contribution in [0.15, 0.2) is 0 Å². The number of aliphatic hydroxyl groups excluding tert-OH is 4. The molecule has 0 radical (unpaired) electrons. The Bertz CT molecular complexity index is 258. The highest BCUT2D eigenvalue weighted by molar-refractivity contribution is 5.15. The lowest BCUT2D eigenvalue weighted by molar-refractivity contribution is 0.175. The molecule has 1 heterocycles. The number of aromatic nitrogens is 2. The van der Waals surface area contributed by atoms with Gasteiger partial charge in [0.25, 0.3) is 0 Å². The van der Waals surface area contributed by atoms with Crippen molar-refractivity contribution in [3.05, 3.63) is 17.2 Å². The molecule has 4 N–H and O–H groups in total. The van der Waals surface area contributed by atoms with Crippen LogP contribution in [0, 0.1) is 0 Å².